The molecule has 0 radical (unpaired) electrons. The van der Waals surface area contributed by atoms with Gasteiger partial charge in [0.25, 0.3) is 0 Å². The third kappa shape index (κ3) is 2.51. The van der Waals surface area contributed by atoms with Crippen LogP contribution in [0.2, 0.25) is 0 Å². The summed E-state index contributed by atoms with van der Waals surface area (Å²) in [5.74, 6) is 3.64. The molecular formula is C23H25N7. The number of benzene rings is 1. The molecule has 0 saturated heterocycles. The Kier molecular flexibility index (Phi) is 3.91. The normalized spacial score (nSPS) is 18.7. The van der Waals surface area contributed by atoms with E-state index in [0.29, 0.717) is 6.04 Å². The minimum Gasteiger partial charge on any atom is -0.352 e. The minimum absolute atomic E-state index is 0.187. The first kappa shape index (κ1) is 17.6. The van der Waals surface area contributed by atoms with Gasteiger partial charge in [0, 0.05) is 16.9 Å². The van der Waals surface area contributed by atoms with Crippen molar-refractivity contribution in [3.05, 3.63) is 48.2 Å². The average molecular weight is 400 g/mol. The number of aromatic amines is 1. The number of nitrogens with zero attached hydrogens (tertiary/aromatic N) is 6. The van der Waals surface area contributed by atoms with Crippen molar-refractivity contribution in [1.29, 1.82) is 0 Å². The van der Waals surface area contributed by atoms with Crippen LogP contribution < -0.4 is 4.90 Å². The Balaban J connectivity index is 1.55. The summed E-state index contributed by atoms with van der Waals surface area (Å²) >= 11 is 0. The lowest BCUT2D eigenvalue weighted by molar-refractivity contribution is 0.468. The minimum atomic E-state index is 0.187. The molecule has 0 amide bonds. The number of fused-ring (bicyclic) bond motifs is 4. The molecule has 1 atom stereocenters. The van der Waals surface area contributed by atoms with E-state index in [1.807, 2.05) is 19.2 Å². The molecule has 1 fully saturated rings. The lowest BCUT2D eigenvalue weighted by Crippen LogP contribution is -2.42. The van der Waals surface area contributed by atoms with E-state index in [9.17, 15) is 0 Å². The first-order chi connectivity index (χ1) is 14.7. The summed E-state index contributed by atoms with van der Waals surface area (Å²) < 4.78 is 2.14. The van der Waals surface area contributed by atoms with Crippen LogP contribution in [0, 0.1) is 6.92 Å². The third-order valence-corrected chi connectivity index (χ3v) is 6.59. The van der Waals surface area contributed by atoms with E-state index in [1.54, 1.807) is 0 Å². The Morgan fingerprint density at radius 2 is 1.97 bits per heavy atom. The van der Waals surface area contributed by atoms with Crippen LogP contribution in [0.1, 0.15) is 56.7 Å². The van der Waals surface area contributed by atoms with Crippen molar-refractivity contribution >= 4 is 16.7 Å². The predicted molar refractivity (Wildman–Crippen MR) is 117 cm³/mol. The zero-order chi connectivity index (χ0) is 20.2. The summed E-state index contributed by atoms with van der Waals surface area (Å²) in [4.78, 5) is 15.9. The smallest absolute Gasteiger partial charge is 0.178 e. The lowest BCUT2D eigenvalue weighted by Gasteiger charge is -2.41. The Morgan fingerprint density at radius 1 is 1.13 bits per heavy atom. The average Bonchev–Trinajstić information content (AvgIpc) is 3.52. The summed E-state index contributed by atoms with van der Waals surface area (Å²) in [7, 11) is 0. The van der Waals surface area contributed by atoms with Gasteiger partial charge in [0.15, 0.2) is 17.5 Å². The third-order valence-electron chi connectivity index (χ3n) is 6.59. The molecule has 0 spiro atoms. The van der Waals surface area contributed by atoms with Crippen molar-refractivity contribution in [2.24, 2.45) is 0 Å². The van der Waals surface area contributed by atoms with Crippen molar-refractivity contribution in [3.8, 4) is 17.2 Å². The van der Waals surface area contributed by atoms with Gasteiger partial charge in [0.2, 0.25) is 0 Å². The van der Waals surface area contributed by atoms with Gasteiger partial charge < -0.3 is 9.88 Å². The maximum absolute atomic E-state index is 5.13. The van der Waals surface area contributed by atoms with E-state index in [-0.39, 0.29) is 6.04 Å². The first-order valence-corrected chi connectivity index (χ1v) is 10.9. The van der Waals surface area contributed by atoms with Crippen LogP contribution >= 0.6 is 0 Å². The highest BCUT2D eigenvalue weighted by molar-refractivity contribution is 5.85. The van der Waals surface area contributed by atoms with Crippen LogP contribution in [0.5, 0.6) is 0 Å². The summed E-state index contributed by atoms with van der Waals surface area (Å²) in [6.45, 7) is 4.23. The Hall–Kier alpha value is -3.22. The summed E-state index contributed by atoms with van der Waals surface area (Å²) in [5, 5.41) is 10.1. The van der Waals surface area contributed by atoms with Crippen LogP contribution in [0.25, 0.3) is 28.1 Å². The van der Waals surface area contributed by atoms with Crippen LogP contribution in [0.4, 0.5) is 5.82 Å². The summed E-state index contributed by atoms with van der Waals surface area (Å²) in [6.07, 6.45) is 7.87. The van der Waals surface area contributed by atoms with Crippen molar-refractivity contribution < 1.29 is 0 Å². The number of hydrogen-bond acceptors (Lipinski definition) is 5. The molecule has 1 aromatic carbocycles. The van der Waals surface area contributed by atoms with Crippen LogP contribution in [-0.2, 0) is 0 Å². The maximum Gasteiger partial charge on any atom is 0.178 e. The molecule has 152 valence electrons. The number of hydrogen-bond donors (Lipinski definition) is 1. The van der Waals surface area contributed by atoms with E-state index < -0.39 is 0 Å². The molecular weight excluding hydrogens is 374 g/mol. The lowest BCUT2D eigenvalue weighted by atomic mass is 10.0. The van der Waals surface area contributed by atoms with Crippen molar-refractivity contribution in [2.45, 2.75) is 58.0 Å². The number of aromatic nitrogens is 6. The van der Waals surface area contributed by atoms with Crippen LogP contribution in [0.3, 0.4) is 0 Å². The highest BCUT2D eigenvalue weighted by Gasteiger charge is 2.39. The molecule has 0 bridgehead atoms. The Bertz CT molecular complexity index is 1200. The first-order valence-electron chi connectivity index (χ1n) is 10.9. The summed E-state index contributed by atoms with van der Waals surface area (Å²) in [6, 6.07) is 11.1. The number of aryl methyl sites for hydroxylation is 1. The van der Waals surface area contributed by atoms with Gasteiger partial charge in [-0.2, -0.15) is 0 Å². The molecule has 1 saturated carbocycles. The van der Waals surface area contributed by atoms with E-state index in [0.717, 1.165) is 46.6 Å². The number of para-hydroxylation sites is 1. The molecule has 1 aliphatic carbocycles. The standard InChI is InChI=1S/C23H25N7/c1-3-19-23-28-27-14(2)29(23)20-13-24-21(18-12-15-8-4-7-11-17(15)25-18)26-22(20)30(19)16-9-5-6-10-16/h4,7-8,11-13,16,19,25H,3,5-6,9-10H2,1-2H3/t19-/m1/s1. The van der Waals surface area contributed by atoms with E-state index in [1.165, 1.54) is 31.1 Å². The molecule has 6 rings (SSSR count). The largest absolute Gasteiger partial charge is 0.352 e. The van der Waals surface area contributed by atoms with E-state index >= 15 is 0 Å². The van der Waals surface area contributed by atoms with Gasteiger partial charge in [-0.25, -0.2) is 9.97 Å². The van der Waals surface area contributed by atoms with E-state index in [4.69, 9.17) is 9.97 Å². The van der Waals surface area contributed by atoms with Gasteiger partial charge in [-0.05, 0) is 38.3 Å². The quantitative estimate of drug-likeness (QED) is 0.539. The Labute approximate surface area is 175 Å². The molecule has 30 heavy (non-hydrogen) atoms. The van der Waals surface area contributed by atoms with Gasteiger partial charge in [-0.3, -0.25) is 4.57 Å². The fourth-order valence-corrected chi connectivity index (χ4v) is 5.19. The van der Waals surface area contributed by atoms with E-state index in [2.05, 4.69) is 55.8 Å². The number of anilines is 1. The highest BCUT2D eigenvalue weighted by atomic mass is 15.4. The molecule has 3 aromatic heterocycles. The SMILES string of the molecule is CC[C@@H]1c2nnc(C)n2-c2cnc(-c3cc4ccccc4[nH]3)nc2N1C1CCCC1. The zero-order valence-electron chi connectivity index (χ0n) is 17.3. The number of rotatable bonds is 3. The fourth-order valence-electron chi connectivity index (χ4n) is 5.19. The second kappa shape index (κ2) is 6.65. The topological polar surface area (TPSA) is 75.5 Å². The predicted octanol–water partition coefficient (Wildman–Crippen LogP) is 4.73. The van der Waals surface area contributed by atoms with Gasteiger partial charge in [0.1, 0.15) is 11.5 Å². The van der Waals surface area contributed by atoms with Gasteiger partial charge in [0.05, 0.1) is 17.9 Å². The van der Waals surface area contributed by atoms with Gasteiger partial charge in [-0.1, -0.05) is 38.0 Å². The molecule has 4 heterocycles. The van der Waals surface area contributed by atoms with Crippen molar-refractivity contribution in [2.75, 3.05) is 4.90 Å². The maximum atomic E-state index is 5.13. The molecule has 2 aliphatic rings. The van der Waals surface area contributed by atoms with Gasteiger partial charge >= 0.3 is 0 Å². The number of H-pyrrole nitrogens is 1. The summed E-state index contributed by atoms with van der Waals surface area (Å²) in [5.41, 5.74) is 3.04. The molecule has 7 nitrogen and oxygen atoms in total. The van der Waals surface area contributed by atoms with Crippen LogP contribution in [0.15, 0.2) is 36.5 Å². The van der Waals surface area contributed by atoms with Gasteiger partial charge in [-0.15, -0.1) is 10.2 Å². The van der Waals surface area contributed by atoms with Crippen molar-refractivity contribution in [1.82, 2.24) is 29.7 Å². The molecule has 7 heteroatoms. The van der Waals surface area contributed by atoms with Crippen LogP contribution in [-0.4, -0.2) is 35.8 Å². The Morgan fingerprint density at radius 3 is 2.77 bits per heavy atom. The van der Waals surface area contributed by atoms with Crippen molar-refractivity contribution in [3.63, 3.8) is 0 Å². The monoisotopic (exact) mass is 399 g/mol. The molecule has 1 N–H and O–H groups in total. The molecule has 4 aromatic rings. The molecule has 0 unspecified atom stereocenters. The second-order valence-electron chi connectivity index (χ2n) is 8.38. The molecule has 1 aliphatic heterocycles. The highest BCUT2D eigenvalue weighted by Crippen LogP contribution is 2.43. The number of nitrogens with one attached hydrogen (secondary N) is 1. The second-order valence-corrected chi connectivity index (χ2v) is 8.38. The fraction of sp³-hybridized carbons (Fsp3) is 0.391. The zero-order valence-corrected chi connectivity index (χ0v) is 17.3.